The van der Waals surface area contributed by atoms with Crippen LogP contribution in [0.25, 0.3) is 6.08 Å². The average molecular weight is 390 g/mol. The normalized spacial score (nSPS) is 21.2. The molecule has 0 saturated heterocycles. The van der Waals surface area contributed by atoms with E-state index < -0.39 is 27.8 Å². The summed E-state index contributed by atoms with van der Waals surface area (Å²) < 4.78 is 38.1. The van der Waals surface area contributed by atoms with Gasteiger partial charge in [-0.15, -0.1) is 0 Å². The number of nitrogens with one attached hydrogen (secondary N) is 3. The largest absolute Gasteiger partial charge is 0.394 e. The van der Waals surface area contributed by atoms with Gasteiger partial charge in [0.2, 0.25) is 5.95 Å². The molecule has 1 aliphatic rings. The van der Waals surface area contributed by atoms with Crippen LogP contribution in [0.1, 0.15) is 21.7 Å². The second-order valence-corrected chi connectivity index (χ2v) is 7.61. The summed E-state index contributed by atoms with van der Waals surface area (Å²) in [4.78, 5) is 16.2. The molecule has 140 valence electrons. The fourth-order valence-corrected chi connectivity index (χ4v) is 4.22. The number of hydrogen-bond acceptors (Lipinski definition) is 6. The number of carbonyl (C=O) groups is 1. The van der Waals surface area contributed by atoms with Crippen LogP contribution >= 0.6 is 0 Å². The molecular weight excluding hydrogens is 375 g/mol. The van der Waals surface area contributed by atoms with Gasteiger partial charge in [0, 0.05) is 30.6 Å². The highest BCUT2D eigenvalue weighted by Gasteiger charge is 2.28. The molecule has 2 atom stereocenters. The number of aromatic nitrogens is 2. The number of halogens is 1. The molecule has 0 spiro atoms. The van der Waals surface area contributed by atoms with Crippen LogP contribution in [0.3, 0.4) is 0 Å². The van der Waals surface area contributed by atoms with Gasteiger partial charge in [0.1, 0.15) is 27.4 Å². The summed E-state index contributed by atoms with van der Waals surface area (Å²) in [7, 11) is -1.91. The highest BCUT2D eigenvalue weighted by atomic mass is 32.2. The lowest BCUT2D eigenvalue weighted by atomic mass is 10.1. The van der Waals surface area contributed by atoms with Crippen LogP contribution in [0.5, 0.6) is 0 Å². The number of hydrogen-bond donors (Lipinski definition) is 4. The number of anilines is 1. The maximum absolute atomic E-state index is 13.5. The lowest BCUT2D eigenvalue weighted by molar-refractivity contribution is 0.101. The molecule has 2 aromatic heterocycles. The predicted octanol–water partition coefficient (Wildman–Crippen LogP) is 0.981. The standard InChI is InChI=1S/C16H15FN6O3S/c1-23-7-13-12(3-2-9(8-24)22-27(13,19)26)15(23)16(25)21-10-4-11(6-18)20-14(17)5-10/h2-5,7,9,24H,8H2,1H3,(H2,19,22,26)(H,20,21,25). The highest BCUT2D eigenvalue weighted by Crippen LogP contribution is 2.27. The first kappa shape index (κ1) is 18.7. The SMILES string of the molecule is Cn1cc2c(c1C(=O)Nc1cc(F)nc(C#N)c1)C=CC(CO)NS2(=N)=O. The molecule has 4 N–H and O–H groups in total. The fourth-order valence-electron chi connectivity index (χ4n) is 2.73. The van der Waals surface area contributed by atoms with Crippen LogP contribution in [0.15, 0.2) is 29.3 Å². The summed E-state index contributed by atoms with van der Waals surface area (Å²) in [5.74, 6) is -1.56. The Labute approximate surface area is 154 Å². The zero-order valence-electron chi connectivity index (χ0n) is 14.1. The van der Waals surface area contributed by atoms with E-state index in [0.717, 1.165) is 6.07 Å². The Morgan fingerprint density at radius 2 is 2.33 bits per heavy atom. The smallest absolute Gasteiger partial charge is 0.272 e. The van der Waals surface area contributed by atoms with E-state index in [2.05, 4.69) is 15.0 Å². The lowest BCUT2D eigenvalue weighted by Crippen LogP contribution is -2.34. The summed E-state index contributed by atoms with van der Waals surface area (Å²) in [5, 5.41) is 20.6. The number of nitrogens with zero attached hydrogens (tertiary/aromatic N) is 3. The van der Waals surface area contributed by atoms with E-state index >= 15 is 0 Å². The molecule has 0 bridgehead atoms. The maximum Gasteiger partial charge on any atom is 0.272 e. The summed E-state index contributed by atoms with van der Waals surface area (Å²) in [6, 6.07) is 3.18. The van der Waals surface area contributed by atoms with Gasteiger partial charge in [-0.05, 0) is 6.07 Å². The van der Waals surface area contributed by atoms with Crippen molar-refractivity contribution in [3.8, 4) is 6.07 Å². The van der Waals surface area contributed by atoms with Crippen molar-refractivity contribution in [2.75, 3.05) is 11.9 Å². The van der Waals surface area contributed by atoms with Gasteiger partial charge in [-0.2, -0.15) is 9.65 Å². The van der Waals surface area contributed by atoms with E-state index in [1.54, 1.807) is 13.1 Å². The highest BCUT2D eigenvalue weighted by molar-refractivity contribution is 7.90. The van der Waals surface area contributed by atoms with Crippen molar-refractivity contribution in [2.24, 2.45) is 7.05 Å². The molecule has 1 aliphatic heterocycles. The average Bonchev–Trinajstić information content (AvgIpc) is 2.89. The van der Waals surface area contributed by atoms with Crippen molar-refractivity contribution in [2.45, 2.75) is 10.9 Å². The Morgan fingerprint density at radius 1 is 1.59 bits per heavy atom. The summed E-state index contributed by atoms with van der Waals surface area (Å²) in [5.41, 5.74) is 0.195. The number of rotatable bonds is 3. The van der Waals surface area contributed by atoms with E-state index in [4.69, 9.17) is 10.0 Å². The first-order chi connectivity index (χ1) is 12.7. The van der Waals surface area contributed by atoms with Gasteiger partial charge in [-0.25, -0.2) is 18.7 Å². The zero-order chi connectivity index (χ0) is 19.8. The van der Waals surface area contributed by atoms with Gasteiger partial charge in [0.05, 0.1) is 17.5 Å². The molecule has 2 unspecified atom stereocenters. The lowest BCUT2D eigenvalue weighted by Gasteiger charge is -2.12. The van der Waals surface area contributed by atoms with Crippen molar-refractivity contribution in [3.63, 3.8) is 0 Å². The van der Waals surface area contributed by atoms with Gasteiger partial charge in [-0.3, -0.25) is 4.79 Å². The van der Waals surface area contributed by atoms with Crippen molar-refractivity contribution in [3.05, 3.63) is 47.3 Å². The topological polar surface area (TPSA) is 144 Å². The number of aliphatic hydroxyl groups excluding tert-OH is 1. The van der Waals surface area contributed by atoms with Gasteiger partial charge >= 0.3 is 0 Å². The van der Waals surface area contributed by atoms with E-state index in [0.29, 0.717) is 0 Å². The fraction of sp³-hybridized carbons (Fsp3) is 0.188. The van der Waals surface area contributed by atoms with E-state index in [1.807, 2.05) is 0 Å². The monoisotopic (exact) mass is 390 g/mol. The first-order valence-corrected chi connectivity index (χ1v) is 9.24. The summed E-state index contributed by atoms with van der Waals surface area (Å²) in [6.07, 6.45) is 4.41. The molecule has 0 fully saturated rings. The molecule has 0 aromatic carbocycles. The van der Waals surface area contributed by atoms with E-state index in [1.165, 1.54) is 29.0 Å². The van der Waals surface area contributed by atoms with Crippen LogP contribution in [-0.2, 0) is 17.0 Å². The minimum atomic E-state index is -3.45. The predicted molar refractivity (Wildman–Crippen MR) is 94.4 cm³/mol. The molecule has 3 rings (SSSR count). The second-order valence-electron chi connectivity index (χ2n) is 5.82. The molecule has 0 aliphatic carbocycles. The molecule has 3 heterocycles. The molecule has 11 heteroatoms. The summed E-state index contributed by atoms with van der Waals surface area (Å²) in [6.45, 7) is -0.364. The molecule has 27 heavy (non-hydrogen) atoms. The maximum atomic E-state index is 13.5. The third-order valence-electron chi connectivity index (χ3n) is 3.88. The third-order valence-corrected chi connectivity index (χ3v) is 5.46. The minimum Gasteiger partial charge on any atom is -0.394 e. The van der Waals surface area contributed by atoms with Crippen molar-refractivity contribution >= 4 is 27.6 Å². The van der Waals surface area contributed by atoms with E-state index in [-0.39, 0.29) is 34.1 Å². The van der Waals surface area contributed by atoms with Crippen molar-refractivity contribution in [1.29, 1.82) is 10.0 Å². The van der Waals surface area contributed by atoms with Crippen LogP contribution in [0.2, 0.25) is 0 Å². The van der Waals surface area contributed by atoms with Crippen molar-refractivity contribution < 1.29 is 18.5 Å². The number of carbonyl (C=O) groups excluding carboxylic acids is 1. The van der Waals surface area contributed by atoms with Gasteiger partial charge in [0.25, 0.3) is 5.91 Å². The number of nitriles is 1. The molecule has 0 radical (unpaired) electrons. The second kappa shape index (κ2) is 6.92. The van der Waals surface area contributed by atoms with Gasteiger partial charge < -0.3 is 15.0 Å². The quantitative estimate of drug-likeness (QED) is 0.578. The van der Waals surface area contributed by atoms with Crippen LogP contribution < -0.4 is 10.0 Å². The van der Waals surface area contributed by atoms with Crippen molar-refractivity contribution in [1.82, 2.24) is 14.3 Å². The van der Waals surface area contributed by atoms with Gasteiger partial charge in [0.15, 0.2) is 0 Å². The van der Waals surface area contributed by atoms with Crippen LogP contribution in [0.4, 0.5) is 10.1 Å². The Kier molecular flexibility index (Phi) is 4.79. The molecule has 1 amide bonds. The third kappa shape index (κ3) is 3.59. The number of aryl methyl sites for hydroxylation is 1. The number of pyridine rings is 1. The molecule has 0 saturated carbocycles. The Hall–Kier alpha value is -3.07. The summed E-state index contributed by atoms with van der Waals surface area (Å²) >= 11 is 0. The van der Waals surface area contributed by atoms with E-state index in [9.17, 15) is 18.5 Å². The number of fused-ring (bicyclic) bond motifs is 1. The van der Waals surface area contributed by atoms with Crippen LogP contribution in [-0.4, -0.2) is 37.4 Å². The Morgan fingerprint density at radius 3 is 3.00 bits per heavy atom. The Balaban J connectivity index is 2.04. The Bertz CT molecular complexity index is 1100. The molecule has 2 aromatic rings. The first-order valence-electron chi connectivity index (χ1n) is 7.68. The number of aliphatic hydroxyl groups is 1. The number of amides is 1. The van der Waals surface area contributed by atoms with Gasteiger partial charge in [-0.1, -0.05) is 12.2 Å². The van der Waals surface area contributed by atoms with Crippen LogP contribution in [0, 0.1) is 22.1 Å². The zero-order valence-corrected chi connectivity index (χ0v) is 14.9. The molecule has 9 nitrogen and oxygen atoms in total. The molecular formula is C16H15FN6O3S. The minimum absolute atomic E-state index is 0.0366.